The van der Waals surface area contributed by atoms with Crippen molar-refractivity contribution in [1.82, 2.24) is 10.6 Å². The first-order chi connectivity index (χ1) is 11.0. The molecule has 0 saturated heterocycles. The lowest BCUT2D eigenvalue weighted by Gasteiger charge is -2.45. The van der Waals surface area contributed by atoms with E-state index in [1.807, 2.05) is 0 Å². The third kappa shape index (κ3) is 10.0. The molecule has 0 bridgehead atoms. The Hall–Kier alpha value is -0.0800. The van der Waals surface area contributed by atoms with Gasteiger partial charge in [-0.15, -0.1) is 0 Å². The molecule has 2 N–H and O–H groups in total. The van der Waals surface area contributed by atoms with Gasteiger partial charge >= 0.3 is 0 Å². The van der Waals surface area contributed by atoms with Gasteiger partial charge < -0.3 is 10.6 Å². The second kappa shape index (κ2) is 10.8. The predicted octanol–water partition coefficient (Wildman–Crippen LogP) is 6.44. The zero-order chi connectivity index (χ0) is 18.9. The molecule has 0 aliphatic heterocycles. The van der Waals surface area contributed by atoms with Crippen LogP contribution in [0.3, 0.4) is 0 Å². The van der Waals surface area contributed by atoms with E-state index in [1.54, 1.807) is 0 Å². The van der Waals surface area contributed by atoms with Gasteiger partial charge in [0.05, 0.1) is 0 Å². The first-order valence-corrected chi connectivity index (χ1v) is 10.6. The molecule has 0 saturated carbocycles. The van der Waals surface area contributed by atoms with E-state index in [0.29, 0.717) is 6.04 Å². The molecule has 0 spiro atoms. The van der Waals surface area contributed by atoms with Crippen LogP contribution in [0.5, 0.6) is 0 Å². The van der Waals surface area contributed by atoms with Crippen LogP contribution < -0.4 is 10.6 Å². The highest BCUT2D eigenvalue weighted by Gasteiger charge is 2.35. The van der Waals surface area contributed by atoms with Gasteiger partial charge in [-0.3, -0.25) is 0 Å². The molecule has 0 aromatic rings. The monoisotopic (exact) mass is 340 g/mol. The number of unbranched alkanes of at least 4 members (excludes halogenated alkanes) is 5. The van der Waals surface area contributed by atoms with Gasteiger partial charge in [0.1, 0.15) is 0 Å². The van der Waals surface area contributed by atoms with Crippen molar-refractivity contribution in [3.05, 3.63) is 0 Å². The van der Waals surface area contributed by atoms with Crippen LogP contribution in [0.1, 0.15) is 120 Å². The molecule has 1 unspecified atom stereocenters. The van der Waals surface area contributed by atoms with Crippen LogP contribution in [0.15, 0.2) is 0 Å². The molecule has 2 nitrogen and oxygen atoms in total. The molecule has 0 aliphatic rings. The second-order valence-corrected chi connectivity index (χ2v) is 9.57. The van der Waals surface area contributed by atoms with Crippen molar-refractivity contribution in [1.29, 1.82) is 0 Å². The first kappa shape index (κ1) is 23.9. The van der Waals surface area contributed by atoms with E-state index in [4.69, 9.17) is 0 Å². The van der Waals surface area contributed by atoms with E-state index in [2.05, 4.69) is 72.9 Å². The summed E-state index contributed by atoms with van der Waals surface area (Å²) >= 11 is 0. The summed E-state index contributed by atoms with van der Waals surface area (Å²) in [6, 6.07) is 0.504. The van der Waals surface area contributed by atoms with Crippen LogP contribution in [-0.2, 0) is 0 Å². The lowest BCUT2D eigenvalue weighted by molar-refractivity contribution is 0.162. The van der Waals surface area contributed by atoms with Gasteiger partial charge in [0.25, 0.3) is 0 Å². The van der Waals surface area contributed by atoms with Crippen molar-refractivity contribution < 1.29 is 0 Å². The van der Waals surface area contributed by atoms with E-state index in [-0.39, 0.29) is 16.6 Å². The molecule has 146 valence electrons. The number of hydrogen-bond donors (Lipinski definition) is 2. The van der Waals surface area contributed by atoms with Crippen molar-refractivity contribution in [2.24, 2.45) is 0 Å². The fourth-order valence-electron chi connectivity index (χ4n) is 3.36. The van der Waals surface area contributed by atoms with Gasteiger partial charge in [0, 0.05) is 22.7 Å². The minimum atomic E-state index is 0.0926. The van der Waals surface area contributed by atoms with Gasteiger partial charge in [-0.2, -0.15) is 0 Å². The summed E-state index contributed by atoms with van der Waals surface area (Å²) in [6.07, 6.45) is 11.8. The Morgan fingerprint density at radius 1 is 0.667 bits per heavy atom. The normalized spacial score (nSPS) is 14.9. The molecule has 0 rings (SSSR count). The quantitative estimate of drug-likeness (QED) is 0.355. The zero-order valence-electron chi connectivity index (χ0n) is 18.4. The third-order valence-corrected chi connectivity index (χ3v) is 5.71. The van der Waals surface area contributed by atoms with Crippen molar-refractivity contribution >= 4 is 0 Å². The van der Waals surface area contributed by atoms with E-state index < -0.39 is 0 Å². The summed E-state index contributed by atoms with van der Waals surface area (Å²) in [5.41, 5.74) is 0.471. The second-order valence-electron chi connectivity index (χ2n) is 9.57. The van der Waals surface area contributed by atoms with E-state index in [1.165, 1.54) is 44.9 Å². The van der Waals surface area contributed by atoms with Gasteiger partial charge in [0.2, 0.25) is 0 Å². The summed E-state index contributed by atoms with van der Waals surface area (Å²) in [5.74, 6) is 0. The molecule has 0 heterocycles. The Morgan fingerprint density at radius 2 is 1.17 bits per heavy atom. The van der Waals surface area contributed by atoms with Crippen molar-refractivity contribution in [2.45, 2.75) is 143 Å². The Balaban J connectivity index is 4.79. The smallest absolute Gasteiger partial charge is 0.0283 e. The van der Waals surface area contributed by atoms with Crippen LogP contribution in [0.2, 0.25) is 0 Å². The predicted molar refractivity (Wildman–Crippen MR) is 111 cm³/mol. The fourth-order valence-corrected chi connectivity index (χ4v) is 3.36. The molecular weight excluding hydrogens is 292 g/mol. The molecule has 0 radical (unpaired) electrons. The number of rotatable bonds is 14. The maximum atomic E-state index is 3.97. The lowest BCUT2D eigenvalue weighted by atomic mass is 9.84. The van der Waals surface area contributed by atoms with Crippen molar-refractivity contribution in [3.63, 3.8) is 0 Å². The number of nitrogens with one attached hydrogen (secondary N) is 2. The molecule has 1 atom stereocenters. The van der Waals surface area contributed by atoms with E-state index in [9.17, 15) is 0 Å². The average molecular weight is 341 g/mol. The van der Waals surface area contributed by atoms with Gasteiger partial charge in [-0.05, 0) is 60.8 Å². The highest BCUT2D eigenvalue weighted by Crippen LogP contribution is 2.24. The summed E-state index contributed by atoms with van der Waals surface area (Å²) in [4.78, 5) is 0. The lowest BCUT2D eigenvalue weighted by Crippen LogP contribution is -2.64. The standard InChI is InChI=1S/C22H48N2/c1-10-13-14-15-16-17-18-19(23-20(4,5)11-2)22(8,9)24-21(6,7)12-3/h19,23-24H,10-18H2,1-9H3. The first-order valence-electron chi connectivity index (χ1n) is 10.6. The van der Waals surface area contributed by atoms with Gasteiger partial charge in [0.15, 0.2) is 0 Å². The van der Waals surface area contributed by atoms with Crippen LogP contribution in [-0.4, -0.2) is 22.7 Å². The van der Waals surface area contributed by atoms with E-state index in [0.717, 1.165) is 12.8 Å². The Kier molecular flexibility index (Phi) is 10.8. The van der Waals surface area contributed by atoms with Gasteiger partial charge in [-0.1, -0.05) is 59.3 Å². The molecule has 2 heteroatoms. The minimum Gasteiger partial charge on any atom is -0.307 e. The van der Waals surface area contributed by atoms with E-state index >= 15 is 0 Å². The van der Waals surface area contributed by atoms with Gasteiger partial charge in [-0.25, -0.2) is 0 Å². The average Bonchev–Trinajstić information content (AvgIpc) is 2.48. The largest absolute Gasteiger partial charge is 0.307 e. The highest BCUT2D eigenvalue weighted by atomic mass is 15.1. The maximum Gasteiger partial charge on any atom is 0.0283 e. The minimum absolute atomic E-state index is 0.0926. The summed E-state index contributed by atoms with van der Waals surface area (Å²) in [6.45, 7) is 20.9. The van der Waals surface area contributed by atoms with Crippen molar-refractivity contribution in [2.75, 3.05) is 0 Å². The van der Waals surface area contributed by atoms with Crippen LogP contribution in [0, 0.1) is 0 Å². The highest BCUT2D eigenvalue weighted by molar-refractivity contribution is 4.98. The Bertz CT molecular complexity index is 318. The molecule has 0 amide bonds. The fraction of sp³-hybridized carbons (Fsp3) is 1.00. The summed E-state index contributed by atoms with van der Waals surface area (Å²) in [7, 11) is 0. The van der Waals surface area contributed by atoms with Crippen LogP contribution >= 0.6 is 0 Å². The molecule has 0 aromatic carbocycles. The SMILES string of the molecule is CCCCCCCCC(NC(C)(C)CC)C(C)(C)NC(C)(C)CC. The van der Waals surface area contributed by atoms with Crippen LogP contribution in [0.4, 0.5) is 0 Å². The summed E-state index contributed by atoms with van der Waals surface area (Å²) in [5, 5.41) is 7.90. The summed E-state index contributed by atoms with van der Waals surface area (Å²) < 4.78 is 0. The molecule has 0 aliphatic carbocycles. The Labute approximate surface area is 154 Å². The maximum absolute atomic E-state index is 3.97. The van der Waals surface area contributed by atoms with Crippen LogP contribution in [0.25, 0.3) is 0 Å². The molecule has 24 heavy (non-hydrogen) atoms. The Morgan fingerprint density at radius 3 is 1.67 bits per heavy atom. The molecule has 0 fully saturated rings. The molecule has 0 aromatic heterocycles. The topological polar surface area (TPSA) is 24.1 Å². The number of hydrogen-bond acceptors (Lipinski definition) is 2. The molecular formula is C22H48N2. The third-order valence-electron chi connectivity index (χ3n) is 5.71. The van der Waals surface area contributed by atoms with Crippen molar-refractivity contribution in [3.8, 4) is 0 Å². The zero-order valence-corrected chi connectivity index (χ0v) is 18.4.